The monoisotopic (exact) mass is 301 g/mol. The summed E-state index contributed by atoms with van der Waals surface area (Å²) in [5.41, 5.74) is 1.19. The standard InChI is InChI=1S/C13H20BrNO2/c1-15(2)7-5-6-10-8-13(17-4)11(14)9-12(10)16-3/h8-9H,5-7H2,1-4H3. The summed E-state index contributed by atoms with van der Waals surface area (Å²) in [7, 11) is 7.54. The molecule has 0 atom stereocenters. The molecule has 0 bridgehead atoms. The van der Waals surface area contributed by atoms with Crippen molar-refractivity contribution in [3.63, 3.8) is 0 Å². The maximum Gasteiger partial charge on any atom is 0.133 e. The second-order valence-electron chi connectivity index (χ2n) is 4.21. The predicted molar refractivity (Wildman–Crippen MR) is 74.1 cm³/mol. The quantitative estimate of drug-likeness (QED) is 0.806. The van der Waals surface area contributed by atoms with Gasteiger partial charge in [-0.3, -0.25) is 0 Å². The average Bonchev–Trinajstić information content (AvgIpc) is 2.30. The Kier molecular flexibility index (Phi) is 5.78. The minimum atomic E-state index is 0.852. The third-order valence-electron chi connectivity index (χ3n) is 2.61. The van der Waals surface area contributed by atoms with E-state index in [2.05, 4.69) is 34.9 Å². The first-order valence-electron chi connectivity index (χ1n) is 5.63. The van der Waals surface area contributed by atoms with Gasteiger partial charge in [0, 0.05) is 0 Å². The fourth-order valence-corrected chi connectivity index (χ4v) is 2.19. The highest BCUT2D eigenvalue weighted by Gasteiger charge is 2.09. The van der Waals surface area contributed by atoms with Crippen LogP contribution in [-0.4, -0.2) is 39.8 Å². The van der Waals surface area contributed by atoms with E-state index in [1.807, 2.05) is 12.1 Å². The summed E-state index contributed by atoms with van der Waals surface area (Å²) in [5, 5.41) is 0. The molecule has 1 rings (SSSR count). The van der Waals surface area contributed by atoms with Gasteiger partial charge < -0.3 is 14.4 Å². The van der Waals surface area contributed by atoms with Gasteiger partial charge in [-0.1, -0.05) is 0 Å². The Morgan fingerprint density at radius 1 is 1.12 bits per heavy atom. The number of aryl methyl sites for hydroxylation is 1. The molecule has 4 heteroatoms. The molecule has 0 aliphatic heterocycles. The van der Waals surface area contributed by atoms with Crippen molar-refractivity contribution >= 4 is 15.9 Å². The number of halogens is 1. The van der Waals surface area contributed by atoms with Crippen LogP contribution in [0.4, 0.5) is 0 Å². The number of hydrogen-bond donors (Lipinski definition) is 0. The maximum absolute atomic E-state index is 5.38. The van der Waals surface area contributed by atoms with E-state index in [-0.39, 0.29) is 0 Å². The Hall–Kier alpha value is -0.740. The predicted octanol–water partition coefficient (Wildman–Crippen LogP) is 2.96. The number of benzene rings is 1. The molecular formula is C13H20BrNO2. The Morgan fingerprint density at radius 2 is 1.76 bits per heavy atom. The molecule has 0 aliphatic carbocycles. The molecule has 0 amide bonds. The highest BCUT2D eigenvalue weighted by atomic mass is 79.9. The van der Waals surface area contributed by atoms with Gasteiger partial charge in [0.1, 0.15) is 11.5 Å². The molecule has 0 saturated heterocycles. The van der Waals surface area contributed by atoms with Crippen LogP contribution in [0.3, 0.4) is 0 Å². The molecule has 0 heterocycles. The number of methoxy groups -OCH3 is 2. The van der Waals surface area contributed by atoms with Crippen LogP contribution in [-0.2, 0) is 6.42 Å². The van der Waals surface area contributed by atoms with Crippen molar-refractivity contribution in [1.82, 2.24) is 4.90 Å². The molecule has 0 spiro atoms. The lowest BCUT2D eigenvalue weighted by molar-refractivity contribution is 0.385. The van der Waals surface area contributed by atoms with Crippen molar-refractivity contribution < 1.29 is 9.47 Å². The van der Waals surface area contributed by atoms with Gasteiger partial charge in [0.15, 0.2) is 0 Å². The lowest BCUT2D eigenvalue weighted by Crippen LogP contribution is -2.13. The Labute approximate surface area is 112 Å². The highest BCUT2D eigenvalue weighted by Crippen LogP contribution is 2.33. The van der Waals surface area contributed by atoms with Crippen LogP contribution < -0.4 is 9.47 Å². The number of ether oxygens (including phenoxy) is 2. The summed E-state index contributed by atoms with van der Waals surface area (Å²) in [6.45, 7) is 1.07. The Bertz CT molecular complexity index is 367. The second kappa shape index (κ2) is 6.87. The normalized spacial score (nSPS) is 10.7. The van der Waals surface area contributed by atoms with Gasteiger partial charge in [-0.15, -0.1) is 0 Å². The summed E-state index contributed by atoms with van der Waals surface area (Å²) in [6, 6.07) is 4.00. The largest absolute Gasteiger partial charge is 0.496 e. The van der Waals surface area contributed by atoms with Crippen molar-refractivity contribution in [2.75, 3.05) is 34.9 Å². The van der Waals surface area contributed by atoms with Gasteiger partial charge in [0.25, 0.3) is 0 Å². The average molecular weight is 302 g/mol. The van der Waals surface area contributed by atoms with Crippen LogP contribution in [0, 0.1) is 0 Å². The third kappa shape index (κ3) is 4.21. The molecule has 0 radical (unpaired) electrons. The summed E-state index contributed by atoms with van der Waals surface area (Å²) in [4.78, 5) is 2.18. The van der Waals surface area contributed by atoms with Crippen LogP contribution >= 0.6 is 15.9 Å². The van der Waals surface area contributed by atoms with Gasteiger partial charge in [-0.05, 0) is 67.1 Å². The lowest BCUT2D eigenvalue weighted by atomic mass is 10.1. The van der Waals surface area contributed by atoms with E-state index in [1.54, 1.807) is 14.2 Å². The van der Waals surface area contributed by atoms with E-state index in [0.717, 1.165) is 35.4 Å². The minimum absolute atomic E-state index is 0.852. The van der Waals surface area contributed by atoms with Gasteiger partial charge in [0.2, 0.25) is 0 Å². The number of hydrogen-bond acceptors (Lipinski definition) is 3. The molecule has 0 aliphatic rings. The molecule has 0 N–H and O–H groups in total. The van der Waals surface area contributed by atoms with Crippen LogP contribution in [0.1, 0.15) is 12.0 Å². The first-order chi connectivity index (χ1) is 8.08. The minimum Gasteiger partial charge on any atom is -0.496 e. The SMILES string of the molecule is COc1cc(CCCN(C)C)c(OC)cc1Br. The van der Waals surface area contributed by atoms with Crippen molar-refractivity contribution in [3.8, 4) is 11.5 Å². The van der Waals surface area contributed by atoms with E-state index in [9.17, 15) is 0 Å². The zero-order valence-electron chi connectivity index (χ0n) is 10.9. The Balaban J connectivity index is 2.81. The fraction of sp³-hybridized carbons (Fsp3) is 0.538. The van der Waals surface area contributed by atoms with Crippen molar-refractivity contribution in [2.24, 2.45) is 0 Å². The first kappa shape index (κ1) is 14.3. The molecule has 96 valence electrons. The summed E-state index contributed by atoms with van der Waals surface area (Å²) < 4.78 is 11.6. The molecular weight excluding hydrogens is 282 g/mol. The fourth-order valence-electron chi connectivity index (χ4n) is 1.70. The molecule has 1 aromatic carbocycles. The van der Waals surface area contributed by atoms with Gasteiger partial charge in [0.05, 0.1) is 18.7 Å². The van der Waals surface area contributed by atoms with E-state index in [4.69, 9.17) is 9.47 Å². The van der Waals surface area contributed by atoms with Crippen molar-refractivity contribution in [3.05, 3.63) is 22.2 Å². The summed E-state index contributed by atoms with van der Waals surface area (Å²) in [5.74, 6) is 1.77. The number of rotatable bonds is 6. The van der Waals surface area contributed by atoms with Gasteiger partial charge in [-0.25, -0.2) is 0 Å². The topological polar surface area (TPSA) is 21.7 Å². The lowest BCUT2D eigenvalue weighted by Gasteiger charge is -2.13. The smallest absolute Gasteiger partial charge is 0.133 e. The molecule has 1 aromatic rings. The first-order valence-corrected chi connectivity index (χ1v) is 6.43. The van der Waals surface area contributed by atoms with E-state index < -0.39 is 0 Å². The third-order valence-corrected chi connectivity index (χ3v) is 3.23. The molecule has 0 aromatic heterocycles. The zero-order valence-corrected chi connectivity index (χ0v) is 12.5. The van der Waals surface area contributed by atoms with Crippen molar-refractivity contribution in [1.29, 1.82) is 0 Å². The molecule has 3 nitrogen and oxygen atoms in total. The molecule has 0 unspecified atom stereocenters. The molecule has 17 heavy (non-hydrogen) atoms. The van der Waals surface area contributed by atoms with Crippen LogP contribution in [0.15, 0.2) is 16.6 Å². The molecule has 0 saturated carbocycles. The summed E-state index contributed by atoms with van der Waals surface area (Å²) in [6.07, 6.45) is 2.10. The van der Waals surface area contributed by atoms with E-state index in [1.165, 1.54) is 5.56 Å². The maximum atomic E-state index is 5.38. The number of nitrogens with zero attached hydrogens (tertiary/aromatic N) is 1. The second-order valence-corrected chi connectivity index (χ2v) is 5.06. The van der Waals surface area contributed by atoms with Crippen LogP contribution in [0.5, 0.6) is 11.5 Å². The van der Waals surface area contributed by atoms with Crippen LogP contribution in [0.2, 0.25) is 0 Å². The van der Waals surface area contributed by atoms with Crippen molar-refractivity contribution in [2.45, 2.75) is 12.8 Å². The van der Waals surface area contributed by atoms with Gasteiger partial charge >= 0.3 is 0 Å². The zero-order chi connectivity index (χ0) is 12.8. The highest BCUT2D eigenvalue weighted by molar-refractivity contribution is 9.10. The summed E-state index contributed by atoms with van der Waals surface area (Å²) >= 11 is 3.46. The molecule has 0 fully saturated rings. The van der Waals surface area contributed by atoms with E-state index >= 15 is 0 Å². The van der Waals surface area contributed by atoms with Gasteiger partial charge in [-0.2, -0.15) is 0 Å². The van der Waals surface area contributed by atoms with E-state index in [0.29, 0.717) is 0 Å². The van der Waals surface area contributed by atoms with Crippen LogP contribution in [0.25, 0.3) is 0 Å². The Morgan fingerprint density at radius 3 is 2.29 bits per heavy atom.